The van der Waals surface area contributed by atoms with Crippen LogP contribution in [0.4, 0.5) is 0 Å². The summed E-state index contributed by atoms with van der Waals surface area (Å²) in [4.78, 5) is 19.7. The van der Waals surface area contributed by atoms with Gasteiger partial charge < -0.3 is 34.1 Å². The largest absolute Gasteiger partial charge is 0.539 e. The molecule has 1 aliphatic rings. The highest BCUT2D eigenvalue weighted by Gasteiger charge is 2.30. The number of para-hydroxylation sites is 1. The Kier molecular flexibility index (Phi) is 10.00. The number of carbonyl (C=O) groups is 2. The van der Waals surface area contributed by atoms with Crippen molar-refractivity contribution in [3.8, 4) is 28.4 Å². The van der Waals surface area contributed by atoms with Crippen LogP contribution in [0.2, 0.25) is 0 Å². The van der Waals surface area contributed by atoms with Crippen LogP contribution >= 0.6 is 0 Å². The maximum absolute atomic E-state index is 9.04. The number of quaternary nitrogens is 1. The summed E-state index contributed by atoms with van der Waals surface area (Å²) < 4.78 is 17.6. The smallest absolute Gasteiger partial charge is 0.351 e. The third-order valence-corrected chi connectivity index (χ3v) is 5.58. The molecular weight excluding hydrogens is 426 g/mol. The molecule has 1 aliphatic heterocycles. The molecule has 180 valence electrons. The highest BCUT2D eigenvalue weighted by molar-refractivity contribution is 6.26. The number of hydrogen-bond donors (Lipinski definition) is 2. The third-order valence-electron chi connectivity index (χ3n) is 5.58. The lowest BCUT2D eigenvalue weighted by Crippen LogP contribution is -3.16. The van der Waals surface area contributed by atoms with E-state index in [9.17, 15) is 0 Å². The number of fused-ring (bicyclic) bond motifs is 1. The molecule has 3 rings (SSSR count). The van der Waals surface area contributed by atoms with Crippen LogP contribution in [0.5, 0.6) is 17.2 Å². The van der Waals surface area contributed by atoms with Gasteiger partial charge in [-0.05, 0) is 25.0 Å². The van der Waals surface area contributed by atoms with Crippen molar-refractivity contribution in [3.05, 3.63) is 42.0 Å². The summed E-state index contributed by atoms with van der Waals surface area (Å²) in [6.45, 7) is 7.70. The van der Waals surface area contributed by atoms with Gasteiger partial charge in [0.05, 0.1) is 32.9 Å². The molecule has 0 bridgehead atoms. The van der Waals surface area contributed by atoms with Gasteiger partial charge in [-0.2, -0.15) is 0 Å². The first-order chi connectivity index (χ1) is 15.9. The molecule has 2 N–H and O–H groups in total. The van der Waals surface area contributed by atoms with Crippen LogP contribution in [0.3, 0.4) is 0 Å². The summed E-state index contributed by atoms with van der Waals surface area (Å²) in [6.07, 6.45) is 3.46. The van der Waals surface area contributed by atoms with Crippen LogP contribution in [0.1, 0.15) is 32.3 Å². The minimum Gasteiger partial charge on any atom is -0.539 e. The molecule has 33 heavy (non-hydrogen) atoms. The van der Waals surface area contributed by atoms with Crippen LogP contribution in [0, 0.1) is 0 Å². The van der Waals surface area contributed by atoms with E-state index in [-0.39, 0.29) is 0 Å². The van der Waals surface area contributed by atoms with Gasteiger partial charge in [-0.3, -0.25) is 0 Å². The van der Waals surface area contributed by atoms with Crippen molar-refractivity contribution in [2.24, 2.45) is 0 Å². The zero-order chi connectivity index (χ0) is 24.4. The van der Waals surface area contributed by atoms with E-state index in [1.54, 1.807) is 19.1 Å². The normalized spacial score (nSPS) is 14.4. The first-order valence-electron chi connectivity index (χ1n) is 11.1. The van der Waals surface area contributed by atoms with E-state index in [2.05, 4.69) is 32.0 Å². The van der Waals surface area contributed by atoms with Gasteiger partial charge in [0.15, 0.2) is 5.97 Å². The quantitative estimate of drug-likeness (QED) is 0.571. The summed E-state index contributed by atoms with van der Waals surface area (Å²) in [5.41, 5.74) is 3.29. The number of hydrogen-bond acceptors (Lipinski definition) is 6. The highest BCUT2D eigenvalue weighted by Crippen LogP contribution is 2.44. The van der Waals surface area contributed by atoms with Crippen molar-refractivity contribution in [1.82, 2.24) is 0 Å². The van der Waals surface area contributed by atoms with Crippen LogP contribution in [-0.2, 0) is 16.0 Å². The molecule has 1 heterocycles. The zero-order valence-electron chi connectivity index (χ0n) is 19.7. The Labute approximate surface area is 194 Å². The van der Waals surface area contributed by atoms with Crippen LogP contribution in [-0.4, -0.2) is 57.0 Å². The zero-order valence-corrected chi connectivity index (χ0v) is 19.7. The monoisotopic (exact) mass is 459 g/mol. The number of rotatable bonds is 8. The fourth-order valence-electron chi connectivity index (χ4n) is 4.18. The van der Waals surface area contributed by atoms with Crippen molar-refractivity contribution < 1.29 is 38.9 Å². The molecule has 0 unspecified atom stereocenters. The predicted molar refractivity (Wildman–Crippen MR) is 122 cm³/mol. The van der Waals surface area contributed by atoms with Gasteiger partial charge in [-0.25, -0.2) is 4.79 Å². The van der Waals surface area contributed by atoms with Gasteiger partial charge >= 0.3 is 5.97 Å². The van der Waals surface area contributed by atoms with Crippen molar-refractivity contribution in [1.29, 1.82) is 0 Å². The predicted octanol–water partition coefficient (Wildman–Crippen LogP) is 1.20. The molecule has 2 aromatic carbocycles. The van der Waals surface area contributed by atoms with Gasteiger partial charge in [0.2, 0.25) is 0 Å². The molecule has 8 heteroatoms. The Morgan fingerprint density at radius 3 is 2.09 bits per heavy atom. The van der Waals surface area contributed by atoms with E-state index in [0.717, 1.165) is 41.4 Å². The number of carboxylic acid groups (broad SMARTS) is 2. The Hall–Kier alpha value is -3.26. The molecule has 0 fully saturated rings. The van der Waals surface area contributed by atoms with Gasteiger partial charge in [0.25, 0.3) is 0 Å². The van der Waals surface area contributed by atoms with E-state index < -0.39 is 11.9 Å². The number of carboxylic acids is 2. The minimum absolute atomic E-state index is 0.521. The number of benzene rings is 2. The van der Waals surface area contributed by atoms with Crippen LogP contribution in [0.15, 0.2) is 36.4 Å². The highest BCUT2D eigenvalue weighted by atomic mass is 16.5. The average Bonchev–Trinajstić information content (AvgIpc) is 2.83. The number of ether oxygens (including phenoxy) is 3. The fourth-order valence-corrected chi connectivity index (χ4v) is 4.18. The average molecular weight is 460 g/mol. The number of carbonyl (C=O) groups excluding carboxylic acids is 1. The van der Waals surface area contributed by atoms with Crippen LogP contribution in [0.25, 0.3) is 11.1 Å². The molecule has 0 aliphatic carbocycles. The fraction of sp³-hybridized carbons (Fsp3) is 0.440. The van der Waals surface area contributed by atoms with E-state index in [1.165, 1.54) is 31.5 Å². The second-order valence-electron chi connectivity index (χ2n) is 7.79. The lowest BCUT2D eigenvalue weighted by atomic mass is 9.94. The van der Waals surface area contributed by atoms with E-state index in [0.29, 0.717) is 6.04 Å². The molecule has 0 saturated heterocycles. The molecule has 0 radical (unpaired) electrons. The first-order valence-corrected chi connectivity index (χ1v) is 11.1. The van der Waals surface area contributed by atoms with Crippen molar-refractivity contribution in [2.75, 3.05) is 33.9 Å². The number of aliphatic carboxylic acids is 2. The first kappa shape index (κ1) is 26.0. The Morgan fingerprint density at radius 1 is 1.06 bits per heavy atom. The topological polar surface area (TPSA) is 110 Å². The number of methoxy groups -OCH3 is 2. The molecular formula is C25H33NO7. The maximum Gasteiger partial charge on any atom is 0.351 e. The Morgan fingerprint density at radius 2 is 1.61 bits per heavy atom. The van der Waals surface area contributed by atoms with Gasteiger partial charge in [-0.1, -0.05) is 38.1 Å². The Bertz CT molecular complexity index is 904. The third kappa shape index (κ3) is 6.61. The Balaban J connectivity index is 0.000000569. The van der Waals surface area contributed by atoms with E-state index >= 15 is 0 Å². The number of nitrogens with one attached hydrogen (secondary N) is 1. The second-order valence-corrected chi connectivity index (χ2v) is 7.79. The van der Waals surface area contributed by atoms with Gasteiger partial charge in [0.1, 0.15) is 29.9 Å². The maximum atomic E-state index is 9.04. The SMILES string of the molecule is CCC[NH+](CCC)[C@H]1COc2c(cccc2-c2c(OC)cccc2OC)C1.O=C([O-])C(=O)O. The lowest BCUT2D eigenvalue weighted by molar-refractivity contribution is -0.926. The minimum atomic E-state index is -2.07. The van der Waals surface area contributed by atoms with Crippen molar-refractivity contribution >= 4 is 11.9 Å². The summed E-state index contributed by atoms with van der Waals surface area (Å²) in [6, 6.07) is 12.8. The summed E-state index contributed by atoms with van der Waals surface area (Å²) in [5.74, 6) is -1.43. The van der Waals surface area contributed by atoms with Gasteiger partial charge in [-0.15, -0.1) is 0 Å². The molecule has 2 aromatic rings. The lowest BCUT2D eigenvalue weighted by Gasteiger charge is -2.33. The standard InChI is InChI=1S/C23H31NO3.C2H2O4/c1-5-13-24(14-6-2)18-15-17-9-7-10-19(23(17)27-16-18)22-20(25-3)11-8-12-21(22)26-4;3-1(4)2(5)6/h7-12,18H,5-6,13-16H2,1-4H3;(H,3,4)(H,5,6)/t18-;/m1./s1. The molecule has 0 amide bonds. The summed E-state index contributed by atoms with van der Waals surface area (Å²) in [5, 5.41) is 16.3. The molecule has 0 aromatic heterocycles. The summed E-state index contributed by atoms with van der Waals surface area (Å²) >= 11 is 0. The van der Waals surface area contributed by atoms with E-state index in [1.807, 2.05) is 18.2 Å². The van der Waals surface area contributed by atoms with Crippen molar-refractivity contribution in [3.63, 3.8) is 0 Å². The van der Waals surface area contributed by atoms with E-state index in [4.69, 9.17) is 34.0 Å². The molecule has 8 nitrogen and oxygen atoms in total. The van der Waals surface area contributed by atoms with Crippen LogP contribution < -0.4 is 24.2 Å². The van der Waals surface area contributed by atoms with Crippen molar-refractivity contribution in [2.45, 2.75) is 39.2 Å². The molecule has 1 atom stereocenters. The second kappa shape index (κ2) is 12.7. The van der Waals surface area contributed by atoms with Gasteiger partial charge in [0, 0.05) is 17.5 Å². The molecule has 0 spiro atoms. The summed E-state index contributed by atoms with van der Waals surface area (Å²) in [7, 11) is 3.39. The molecule has 0 saturated carbocycles.